The van der Waals surface area contributed by atoms with Gasteiger partial charge in [-0.15, -0.1) is 0 Å². The highest BCUT2D eigenvalue weighted by Gasteiger charge is 2.49. The van der Waals surface area contributed by atoms with Crippen LogP contribution in [0.4, 0.5) is 0 Å². The summed E-state index contributed by atoms with van der Waals surface area (Å²) in [6.45, 7) is 2.71. The molecular formula is C12H20N2O. The van der Waals surface area contributed by atoms with E-state index < -0.39 is 0 Å². The maximum atomic E-state index is 11.7. The minimum Gasteiger partial charge on any atom is -0.355 e. The summed E-state index contributed by atoms with van der Waals surface area (Å²) in [4.78, 5) is 11.7. The maximum Gasteiger partial charge on any atom is 0.225 e. The lowest BCUT2D eigenvalue weighted by atomic mass is 9.65. The van der Waals surface area contributed by atoms with Gasteiger partial charge >= 0.3 is 0 Å². The van der Waals surface area contributed by atoms with Crippen molar-refractivity contribution in [2.75, 3.05) is 19.6 Å². The SMILES string of the molecule is O=C(NCC1(C2CC2)CCC1)C1CNC1. The Hall–Kier alpha value is -0.570. The van der Waals surface area contributed by atoms with Crippen LogP contribution in [0.3, 0.4) is 0 Å². The van der Waals surface area contributed by atoms with E-state index in [0.29, 0.717) is 5.41 Å². The number of rotatable bonds is 4. The van der Waals surface area contributed by atoms with Gasteiger partial charge in [0.1, 0.15) is 0 Å². The molecule has 0 atom stereocenters. The first-order chi connectivity index (χ1) is 7.30. The van der Waals surface area contributed by atoms with Crippen LogP contribution in [0.5, 0.6) is 0 Å². The largest absolute Gasteiger partial charge is 0.355 e. The molecule has 3 nitrogen and oxygen atoms in total. The monoisotopic (exact) mass is 208 g/mol. The molecule has 0 spiro atoms. The summed E-state index contributed by atoms with van der Waals surface area (Å²) in [5.74, 6) is 1.47. The van der Waals surface area contributed by atoms with Gasteiger partial charge in [-0.1, -0.05) is 6.42 Å². The fourth-order valence-electron chi connectivity index (χ4n) is 2.94. The van der Waals surface area contributed by atoms with Gasteiger partial charge in [-0.25, -0.2) is 0 Å². The van der Waals surface area contributed by atoms with Gasteiger partial charge in [0.25, 0.3) is 0 Å². The first kappa shape index (κ1) is 9.64. The topological polar surface area (TPSA) is 41.1 Å². The van der Waals surface area contributed by atoms with Crippen molar-refractivity contribution in [3.8, 4) is 0 Å². The van der Waals surface area contributed by atoms with Crippen LogP contribution in [0.2, 0.25) is 0 Å². The van der Waals surface area contributed by atoms with E-state index in [1.807, 2.05) is 0 Å². The lowest BCUT2D eigenvalue weighted by Crippen LogP contribution is -2.53. The van der Waals surface area contributed by atoms with Gasteiger partial charge in [-0.3, -0.25) is 4.79 Å². The molecule has 0 bridgehead atoms. The predicted molar refractivity (Wildman–Crippen MR) is 58.4 cm³/mol. The standard InChI is InChI=1S/C12H20N2O/c15-11(9-6-13-7-9)14-8-12(4-1-5-12)10-2-3-10/h9-10,13H,1-8H2,(H,14,15). The smallest absolute Gasteiger partial charge is 0.225 e. The molecule has 15 heavy (non-hydrogen) atoms. The van der Waals surface area contributed by atoms with Crippen LogP contribution in [-0.4, -0.2) is 25.5 Å². The van der Waals surface area contributed by atoms with E-state index in [0.717, 1.165) is 25.6 Å². The van der Waals surface area contributed by atoms with Gasteiger partial charge in [0.2, 0.25) is 5.91 Å². The van der Waals surface area contributed by atoms with Crippen molar-refractivity contribution in [2.24, 2.45) is 17.3 Å². The number of carbonyl (C=O) groups excluding carboxylic acids is 1. The van der Waals surface area contributed by atoms with Gasteiger partial charge in [0.15, 0.2) is 0 Å². The molecule has 0 aromatic rings. The first-order valence-corrected chi connectivity index (χ1v) is 6.29. The van der Waals surface area contributed by atoms with Crippen molar-refractivity contribution < 1.29 is 4.79 Å². The molecular weight excluding hydrogens is 188 g/mol. The van der Waals surface area contributed by atoms with Crippen LogP contribution >= 0.6 is 0 Å². The lowest BCUT2D eigenvalue weighted by Gasteiger charge is -2.43. The second-order valence-electron chi connectivity index (χ2n) is 5.56. The Morgan fingerprint density at radius 2 is 2.07 bits per heavy atom. The van der Waals surface area contributed by atoms with Crippen LogP contribution in [0.15, 0.2) is 0 Å². The summed E-state index contributed by atoms with van der Waals surface area (Å²) in [6.07, 6.45) is 6.88. The summed E-state index contributed by atoms with van der Waals surface area (Å²) in [5.41, 5.74) is 0.521. The molecule has 3 aliphatic rings. The minimum absolute atomic E-state index is 0.251. The Morgan fingerprint density at radius 3 is 2.47 bits per heavy atom. The average molecular weight is 208 g/mol. The van der Waals surface area contributed by atoms with E-state index in [1.54, 1.807) is 0 Å². The molecule has 1 amide bonds. The number of nitrogens with one attached hydrogen (secondary N) is 2. The third-order valence-corrected chi connectivity index (χ3v) is 4.56. The number of hydrogen-bond acceptors (Lipinski definition) is 2. The molecule has 0 aromatic carbocycles. The molecule has 3 fully saturated rings. The van der Waals surface area contributed by atoms with Crippen LogP contribution in [0, 0.1) is 17.3 Å². The van der Waals surface area contributed by atoms with E-state index in [9.17, 15) is 4.79 Å². The van der Waals surface area contributed by atoms with Crippen LogP contribution in [-0.2, 0) is 4.79 Å². The Bertz CT molecular complexity index is 265. The molecule has 84 valence electrons. The highest BCUT2D eigenvalue weighted by atomic mass is 16.2. The van der Waals surface area contributed by atoms with Gasteiger partial charge in [-0.2, -0.15) is 0 Å². The molecule has 2 N–H and O–H groups in total. The Morgan fingerprint density at radius 1 is 1.33 bits per heavy atom. The van der Waals surface area contributed by atoms with Gasteiger partial charge in [0, 0.05) is 19.6 Å². The summed E-state index contributed by atoms with van der Waals surface area (Å²) in [7, 11) is 0. The van der Waals surface area contributed by atoms with E-state index in [4.69, 9.17) is 0 Å². The number of amides is 1. The third kappa shape index (κ3) is 1.67. The molecule has 2 saturated carbocycles. The van der Waals surface area contributed by atoms with Gasteiger partial charge in [0.05, 0.1) is 5.92 Å². The fraction of sp³-hybridized carbons (Fsp3) is 0.917. The van der Waals surface area contributed by atoms with Crippen molar-refractivity contribution in [2.45, 2.75) is 32.1 Å². The molecule has 1 aliphatic heterocycles. The average Bonchev–Trinajstić information content (AvgIpc) is 2.82. The third-order valence-electron chi connectivity index (χ3n) is 4.56. The summed E-state index contributed by atoms with van der Waals surface area (Å²) in [6, 6.07) is 0. The number of carbonyl (C=O) groups is 1. The van der Waals surface area contributed by atoms with Gasteiger partial charge < -0.3 is 10.6 Å². The summed E-state index contributed by atoms with van der Waals surface area (Å²) < 4.78 is 0. The molecule has 0 aromatic heterocycles. The fourth-order valence-corrected chi connectivity index (χ4v) is 2.94. The first-order valence-electron chi connectivity index (χ1n) is 6.29. The van der Waals surface area contributed by atoms with Crippen LogP contribution in [0.1, 0.15) is 32.1 Å². The molecule has 3 heteroatoms. The zero-order valence-corrected chi connectivity index (χ0v) is 9.22. The summed E-state index contributed by atoms with van der Waals surface area (Å²) in [5, 5.41) is 6.31. The lowest BCUT2D eigenvalue weighted by molar-refractivity contribution is -0.127. The van der Waals surface area contributed by atoms with E-state index in [-0.39, 0.29) is 11.8 Å². The second kappa shape index (κ2) is 3.48. The highest BCUT2D eigenvalue weighted by Crippen LogP contribution is 2.56. The van der Waals surface area contributed by atoms with Crippen LogP contribution < -0.4 is 10.6 Å². The molecule has 3 rings (SSSR count). The Balaban J connectivity index is 1.49. The highest BCUT2D eigenvalue weighted by molar-refractivity contribution is 5.80. The van der Waals surface area contributed by atoms with E-state index in [2.05, 4.69) is 10.6 Å². The van der Waals surface area contributed by atoms with Crippen LogP contribution in [0.25, 0.3) is 0 Å². The minimum atomic E-state index is 0.251. The molecule has 2 aliphatic carbocycles. The zero-order valence-electron chi connectivity index (χ0n) is 9.22. The Labute approximate surface area is 91.0 Å². The Kier molecular flexibility index (Phi) is 2.23. The van der Waals surface area contributed by atoms with E-state index >= 15 is 0 Å². The quantitative estimate of drug-likeness (QED) is 0.721. The molecule has 0 unspecified atom stereocenters. The normalized spacial score (nSPS) is 29.1. The zero-order chi connectivity index (χ0) is 10.3. The van der Waals surface area contributed by atoms with Crippen molar-refractivity contribution in [1.82, 2.24) is 10.6 Å². The number of hydrogen-bond donors (Lipinski definition) is 2. The molecule has 1 saturated heterocycles. The molecule has 1 heterocycles. The van der Waals surface area contributed by atoms with Gasteiger partial charge in [-0.05, 0) is 37.0 Å². The second-order valence-corrected chi connectivity index (χ2v) is 5.56. The van der Waals surface area contributed by atoms with Crippen molar-refractivity contribution in [3.63, 3.8) is 0 Å². The molecule has 0 radical (unpaired) electrons. The van der Waals surface area contributed by atoms with Crippen molar-refractivity contribution in [3.05, 3.63) is 0 Å². The summed E-state index contributed by atoms with van der Waals surface area (Å²) >= 11 is 0. The van der Waals surface area contributed by atoms with Crippen molar-refractivity contribution in [1.29, 1.82) is 0 Å². The predicted octanol–water partition coefficient (Wildman–Crippen LogP) is 0.902. The van der Waals surface area contributed by atoms with E-state index in [1.165, 1.54) is 32.1 Å². The maximum absolute atomic E-state index is 11.7. The van der Waals surface area contributed by atoms with Crippen molar-refractivity contribution >= 4 is 5.91 Å².